The zero-order chi connectivity index (χ0) is 12.4. The van der Waals surface area contributed by atoms with Gasteiger partial charge in [-0.15, -0.1) is 11.3 Å². The summed E-state index contributed by atoms with van der Waals surface area (Å²) in [5, 5.41) is 6.22. The predicted octanol–water partition coefficient (Wildman–Crippen LogP) is 4.15. The number of nitrogens with zero attached hydrogens (tertiary/aromatic N) is 1. The first-order valence-corrected chi connectivity index (χ1v) is 7.33. The molecule has 3 aromatic rings. The summed E-state index contributed by atoms with van der Waals surface area (Å²) in [6, 6.07) is 8.86. The number of benzene rings is 1. The fourth-order valence-electron chi connectivity index (χ4n) is 1.72. The quantitative estimate of drug-likeness (QED) is 0.775. The molecule has 0 saturated carbocycles. The zero-order valence-electron chi connectivity index (χ0n) is 9.52. The van der Waals surface area contributed by atoms with E-state index in [1.54, 1.807) is 17.4 Å². The highest BCUT2D eigenvalue weighted by Crippen LogP contribution is 2.26. The molecule has 0 amide bonds. The van der Waals surface area contributed by atoms with Gasteiger partial charge in [0.05, 0.1) is 10.2 Å². The van der Waals surface area contributed by atoms with Crippen molar-refractivity contribution in [2.45, 2.75) is 6.42 Å². The molecule has 0 spiro atoms. The van der Waals surface area contributed by atoms with Crippen molar-refractivity contribution in [1.82, 2.24) is 4.98 Å². The molecule has 92 valence electrons. The first-order chi connectivity index (χ1) is 8.81. The van der Waals surface area contributed by atoms with E-state index in [1.165, 1.54) is 28.3 Å². The van der Waals surface area contributed by atoms with E-state index in [0.29, 0.717) is 0 Å². The van der Waals surface area contributed by atoms with Crippen molar-refractivity contribution in [3.63, 3.8) is 0 Å². The molecule has 2 heterocycles. The van der Waals surface area contributed by atoms with Crippen LogP contribution in [0.3, 0.4) is 0 Å². The summed E-state index contributed by atoms with van der Waals surface area (Å²) in [5.41, 5.74) is 0.847. The molecule has 0 bridgehead atoms. The van der Waals surface area contributed by atoms with Crippen molar-refractivity contribution in [2.75, 3.05) is 11.9 Å². The maximum absolute atomic E-state index is 13.0. The van der Waals surface area contributed by atoms with Crippen molar-refractivity contribution in [1.29, 1.82) is 0 Å². The number of hydrogen-bond donors (Lipinski definition) is 1. The van der Waals surface area contributed by atoms with Crippen molar-refractivity contribution >= 4 is 38.0 Å². The Morgan fingerprint density at radius 3 is 3.06 bits per heavy atom. The van der Waals surface area contributed by atoms with E-state index in [9.17, 15) is 4.39 Å². The number of anilines is 1. The Balaban J connectivity index is 1.67. The first kappa shape index (κ1) is 11.6. The fourth-order valence-corrected chi connectivity index (χ4v) is 3.35. The van der Waals surface area contributed by atoms with Crippen LogP contribution in [0.2, 0.25) is 0 Å². The predicted molar refractivity (Wildman–Crippen MR) is 76.1 cm³/mol. The monoisotopic (exact) mass is 278 g/mol. The van der Waals surface area contributed by atoms with Gasteiger partial charge in [0.25, 0.3) is 0 Å². The lowest BCUT2D eigenvalue weighted by atomic mass is 10.3. The van der Waals surface area contributed by atoms with Gasteiger partial charge in [0.1, 0.15) is 5.82 Å². The highest BCUT2D eigenvalue weighted by atomic mass is 32.1. The van der Waals surface area contributed by atoms with Gasteiger partial charge in [-0.25, -0.2) is 9.37 Å². The molecule has 0 unspecified atom stereocenters. The van der Waals surface area contributed by atoms with Gasteiger partial charge < -0.3 is 5.32 Å². The number of fused-ring (bicyclic) bond motifs is 1. The van der Waals surface area contributed by atoms with E-state index >= 15 is 0 Å². The summed E-state index contributed by atoms with van der Waals surface area (Å²) in [6.45, 7) is 0.850. The molecule has 18 heavy (non-hydrogen) atoms. The fraction of sp³-hybridized carbons (Fsp3) is 0.154. The summed E-state index contributed by atoms with van der Waals surface area (Å²) >= 11 is 3.25. The minimum atomic E-state index is -0.212. The average Bonchev–Trinajstić information content (AvgIpc) is 2.97. The molecule has 0 fully saturated rings. The maximum Gasteiger partial charge on any atom is 0.183 e. The van der Waals surface area contributed by atoms with Crippen molar-refractivity contribution in [3.05, 3.63) is 46.4 Å². The van der Waals surface area contributed by atoms with Crippen molar-refractivity contribution < 1.29 is 4.39 Å². The molecule has 2 nitrogen and oxygen atoms in total. The molecule has 0 atom stereocenters. The van der Waals surface area contributed by atoms with E-state index in [0.717, 1.165) is 28.3 Å². The molecule has 0 aliphatic heterocycles. The molecule has 0 aliphatic rings. The summed E-state index contributed by atoms with van der Waals surface area (Å²) in [4.78, 5) is 5.77. The third kappa shape index (κ3) is 2.52. The molecular formula is C13H11FN2S2. The summed E-state index contributed by atoms with van der Waals surface area (Å²) in [5.74, 6) is -0.212. The van der Waals surface area contributed by atoms with Crippen LogP contribution in [0.5, 0.6) is 0 Å². The number of hydrogen-bond acceptors (Lipinski definition) is 4. The van der Waals surface area contributed by atoms with Crippen molar-refractivity contribution in [3.8, 4) is 0 Å². The second-order valence-corrected chi connectivity index (χ2v) is 5.95. The van der Waals surface area contributed by atoms with Gasteiger partial charge in [-0.2, -0.15) is 0 Å². The lowest BCUT2D eigenvalue weighted by molar-refractivity contribution is 0.630. The molecule has 0 saturated heterocycles. The molecule has 3 rings (SSSR count). The van der Waals surface area contributed by atoms with Gasteiger partial charge in [-0.3, -0.25) is 0 Å². The Kier molecular flexibility index (Phi) is 3.25. The Bertz CT molecular complexity index is 646. The number of thiazole rings is 1. The van der Waals surface area contributed by atoms with Crippen LogP contribution in [0.4, 0.5) is 9.52 Å². The summed E-state index contributed by atoms with van der Waals surface area (Å²) in [7, 11) is 0. The standard InChI is InChI=1S/C13H11FN2S2/c14-9-3-4-11-12(8-9)18-13(16-11)15-6-5-10-2-1-7-17-10/h1-4,7-8H,5-6H2,(H,15,16). The van der Waals surface area contributed by atoms with Gasteiger partial charge >= 0.3 is 0 Å². The van der Waals surface area contributed by atoms with Gasteiger partial charge in [-0.1, -0.05) is 17.4 Å². The lowest BCUT2D eigenvalue weighted by Crippen LogP contribution is -2.03. The van der Waals surface area contributed by atoms with Gasteiger partial charge in [0, 0.05) is 11.4 Å². The van der Waals surface area contributed by atoms with E-state index in [2.05, 4.69) is 27.8 Å². The minimum Gasteiger partial charge on any atom is -0.361 e. The van der Waals surface area contributed by atoms with Crippen LogP contribution in [-0.4, -0.2) is 11.5 Å². The first-order valence-electron chi connectivity index (χ1n) is 5.63. The number of aromatic nitrogens is 1. The SMILES string of the molecule is Fc1ccc2nc(NCCc3cccs3)sc2c1. The highest BCUT2D eigenvalue weighted by molar-refractivity contribution is 7.22. The van der Waals surface area contributed by atoms with Crippen LogP contribution < -0.4 is 5.32 Å². The van der Waals surface area contributed by atoms with Gasteiger partial charge in [0.2, 0.25) is 0 Å². The molecular weight excluding hydrogens is 267 g/mol. The Morgan fingerprint density at radius 1 is 1.28 bits per heavy atom. The van der Waals surface area contributed by atoms with Crippen LogP contribution in [0, 0.1) is 5.82 Å². The second kappa shape index (κ2) is 5.04. The van der Waals surface area contributed by atoms with Crippen LogP contribution in [0.1, 0.15) is 4.88 Å². The van der Waals surface area contributed by atoms with Crippen LogP contribution >= 0.6 is 22.7 Å². The topological polar surface area (TPSA) is 24.9 Å². The molecule has 0 aliphatic carbocycles. The molecule has 0 radical (unpaired) electrons. The Morgan fingerprint density at radius 2 is 2.22 bits per heavy atom. The van der Waals surface area contributed by atoms with E-state index in [-0.39, 0.29) is 5.82 Å². The zero-order valence-corrected chi connectivity index (χ0v) is 11.2. The molecule has 1 aromatic carbocycles. The van der Waals surface area contributed by atoms with Crippen molar-refractivity contribution in [2.24, 2.45) is 0 Å². The van der Waals surface area contributed by atoms with Gasteiger partial charge in [-0.05, 0) is 36.1 Å². The normalized spacial score (nSPS) is 10.9. The van der Waals surface area contributed by atoms with E-state index in [1.807, 2.05) is 0 Å². The van der Waals surface area contributed by atoms with E-state index < -0.39 is 0 Å². The maximum atomic E-state index is 13.0. The lowest BCUT2D eigenvalue weighted by Gasteiger charge is -1.99. The molecule has 1 N–H and O–H groups in total. The Labute approximate surface area is 112 Å². The second-order valence-electron chi connectivity index (χ2n) is 3.89. The largest absolute Gasteiger partial charge is 0.361 e. The Hall–Kier alpha value is -1.46. The number of thiophene rings is 1. The number of rotatable bonds is 4. The third-order valence-corrected chi connectivity index (χ3v) is 4.49. The smallest absolute Gasteiger partial charge is 0.183 e. The van der Waals surface area contributed by atoms with Crippen LogP contribution in [0.15, 0.2) is 35.7 Å². The van der Waals surface area contributed by atoms with Crippen LogP contribution in [-0.2, 0) is 6.42 Å². The summed E-state index contributed by atoms with van der Waals surface area (Å²) < 4.78 is 13.9. The third-order valence-electron chi connectivity index (χ3n) is 2.58. The minimum absolute atomic E-state index is 0.212. The molecule has 2 aromatic heterocycles. The van der Waals surface area contributed by atoms with Gasteiger partial charge in [0.15, 0.2) is 5.13 Å². The number of halogens is 1. The van der Waals surface area contributed by atoms with E-state index in [4.69, 9.17) is 0 Å². The average molecular weight is 278 g/mol. The number of nitrogens with one attached hydrogen (secondary N) is 1. The molecule has 5 heteroatoms. The highest BCUT2D eigenvalue weighted by Gasteiger charge is 2.04. The van der Waals surface area contributed by atoms with Crippen LogP contribution in [0.25, 0.3) is 10.2 Å². The summed E-state index contributed by atoms with van der Waals surface area (Å²) in [6.07, 6.45) is 0.988.